The van der Waals surface area contributed by atoms with Crippen molar-refractivity contribution in [2.24, 2.45) is 0 Å². The Hall–Kier alpha value is -1.53. The van der Waals surface area contributed by atoms with Gasteiger partial charge in [0.05, 0.1) is 19.6 Å². The number of nitrogens with zero attached hydrogens (tertiary/aromatic N) is 1. The lowest BCUT2D eigenvalue weighted by Gasteiger charge is -1.96. The normalized spacial score (nSPS) is 10.0. The van der Waals surface area contributed by atoms with Gasteiger partial charge >= 0.3 is 0 Å². The van der Waals surface area contributed by atoms with Crippen LogP contribution in [0.5, 0.6) is 5.06 Å². The molecule has 0 bridgehead atoms. The van der Waals surface area contributed by atoms with Crippen LogP contribution in [0.1, 0.15) is 5.56 Å². The summed E-state index contributed by atoms with van der Waals surface area (Å²) < 4.78 is 6.43. The highest BCUT2D eigenvalue weighted by atomic mass is 32.1. The highest BCUT2D eigenvalue weighted by molar-refractivity contribution is 7.21. The first kappa shape index (κ1) is 9.04. The van der Waals surface area contributed by atoms with Gasteiger partial charge in [0, 0.05) is 15.6 Å². The fraction of sp³-hybridized carbons (Fsp3) is 0.182. The molecule has 1 aromatic carbocycles. The summed E-state index contributed by atoms with van der Waals surface area (Å²) in [4.78, 5) is 0. The van der Waals surface area contributed by atoms with Gasteiger partial charge in [0.15, 0.2) is 5.06 Å². The maximum atomic E-state index is 8.72. The average molecular weight is 203 g/mol. The largest absolute Gasteiger partial charge is 0.487 e. The molecule has 0 radical (unpaired) electrons. The van der Waals surface area contributed by atoms with E-state index in [1.54, 1.807) is 18.4 Å². The molecule has 0 aliphatic carbocycles. The fourth-order valence-corrected chi connectivity index (χ4v) is 2.52. The minimum absolute atomic E-state index is 0.410. The van der Waals surface area contributed by atoms with Crippen LogP contribution < -0.4 is 4.74 Å². The standard InChI is InChI=1S/C11H9NOS/c1-13-11-9(6-7-12)8-4-2-3-5-10(8)14-11/h2-5H,6H2,1H3. The minimum atomic E-state index is 0.410. The highest BCUT2D eigenvalue weighted by Gasteiger charge is 2.11. The monoisotopic (exact) mass is 203 g/mol. The molecule has 0 atom stereocenters. The summed E-state index contributed by atoms with van der Waals surface area (Å²) in [6.07, 6.45) is 0.410. The number of methoxy groups -OCH3 is 1. The van der Waals surface area contributed by atoms with Crippen LogP contribution >= 0.6 is 11.3 Å². The van der Waals surface area contributed by atoms with Crippen molar-refractivity contribution in [3.8, 4) is 11.1 Å². The van der Waals surface area contributed by atoms with Gasteiger partial charge in [-0.1, -0.05) is 29.5 Å². The van der Waals surface area contributed by atoms with Crippen LogP contribution in [0.4, 0.5) is 0 Å². The first-order chi connectivity index (χ1) is 6.86. The van der Waals surface area contributed by atoms with E-state index in [0.717, 1.165) is 16.0 Å². The quantitative estimate of drug-likeness (QED) is 0.751. The highest BCUT2D eigenvalue weighted by Crippen LogP contribution is 2.37. The molecule has 2 nitrogen and oxygen atoms in total. The number of hydrogen-bond acceptors (Lipinski definition) is 3. The molecule has 14 heavy (non-hydrogen) atoms. The first-order valence-electron chi connectivity index (χ1n) is 4.28. The summed E-state index contributed by atoms with van der Waals surface area (Å²) >= 11 is 1.59. The van der Waals surface area contributed by atoms with Gasteiger partial charge in [0.1, 0.15) is 0 Å². The van der Waals surface area contributed by atoms with Crippen molar-refractivity contribution in [1.29, 1.82) is 5.26 Å². The van der Waals surface area contributed by atoms with Gasteiger partial charge in [-0.25, -0.2) is 0 Å². The van der Waals surface area contributed by atoms with E-state index in [2.05, 4.69) is 6.07 Å². The Labute approximate surface area is 86.4 Å². The zero-order valence-corrected chi connectivity index (χ0v) is 8.60. The van der Waals surface area contributed by atoms with E-state index < -0.39 is 0 Å². The lowest BCUT2D eigenvalue weighted by atomic mass is 10.1. The molecule has 3 heteroatoms. The Balaban J connectivity index is 2.69. The molecule has 0 fully saturated rings. The van der Waals surface area contributed by atoms with Crippen LogP contribution in [-0.4, -0.2) is 7.11 Å². The Morgan fingerprint density at radius 2 is 2.21 bits per heavy atom. The van der Waals surface area contributed by atoms with E-state index in [4.69, 9.17) is 10.00 Å². The summed E-state index contributed by atoms with van der Waals surface area (Å²) in [5.41, 5.74) is 1.01. The number of nitriles is 1. The second-order valence-corrected chi connectivity index (χ2v) is 3.92. The number of hydrogen-bond donors (Lipinski definition) is 0. The van der Waals surface area contributed by atoms with Gasteiger partial charge < -0.3 is 4.74 Å². The SMILES string of the molecule is COc1sc2ccccc2c1CC#N. The molecule has 0 amide bonds. The summed E-state index contributed by atoms with van der Waals surface area (Å²) in [5.74, 6) is 0. The summed E-state index contributed by atoms with van der Waals surface area (Å²) in [7, 11) is 1.64. The van der Waals surface area contributed by atoms with Crippen LogP contribution in [-0.2, 0) is 6.42 Å². The molecule has 1 heterocycles. The molecule has 0 unspecified atom stereocenters. The molecule has 2 aromatic rings. The Kier molecular flexibility index (Phi) is 2.38. The van der Waals surface area contributed by atoms with Crippen LogP contribution in [0.3, 0.4) is 0 Å². The van der Waals surface area contributed by atoms with Crippen molar-refractivity contribution in [3.63, 3.8) is 0 Å². The molecule has 2 rings (SSSR count). The average Bonchev–Trinajstić information content (AvgIpc) is 2.58. The summed E-state index contributed by atoms with van der Waals surface area (Å²) in [6.45, 7) is 0. The Morgan fingerprint density at radius 3 is 2.93 bits per heavy atom. The van der Waals surface area contributed by atoms with Gasteiger partial charge in [-0.2, -0.15) is 5.26 Å². The van der Waals surface area contributed by atoms with Crippen molar-refractivity contribution in [2.45, 2.75) is 6.42 Å². The third-order valence-electron chi connectivity index (χ3n) is 2.10. The molecule has 70 valence electrons. The number of ether oxygens (including phenoxy) is 1. The lowest BCUT2D eigenvalue weighted by Crippen LogP contribution is -1.85. The van der Waals surface area contributed by atoms with Gasteiger partial charge in [-0.3, -0.25) is 0 Å². The molecule has 0 aliphatic heterocycles. The summed E-state index contributed by atoms with van der Waals surface area (Å²) in [5, 5.41) is 10.7. The number of benzene rings is 1. The van der Waals surface area contributed by atoms with E-state index in [-0.39, 0.29) is 0 Å². The predicted octanol–water partition coefficient (Wildman–Crippen LogP) is 2.98. The zero-order valence-electron chi connectivity index (χ0n) is 7.78. The van der Waals surface area contributed by atoms with E-state index in [1.807, 2.05) is 24.3 Å². The molecular formula is C11H9NOS. The van der Waals surface area contributed by atoms with Gasteiger partial charge in [0.25, 0.3) is 0 Å². The zero-order chi connectivity index (χ0) is 9.97. The van der Waals surface area contributed by atoms with Gasteiger partial charge in [-0.15, -0.1) is 0 Å². The van der Waals surface area contributed by atoms with Crippen molar-refractivity contribution in [1.82, 2.24) is 0 Å². The first-order valence-corrected chi connectivity index (χ1v) is 5.10. The van der Waals surface area contributed by atoms with E-state index in [1.165, 1.54) is 4.70 Å². The number of rotatable bonds is 2. The van der Waals surface area contributed by atoms with Crippen LogP contribution in [0.2, 0.25) is 0 Å². The number of thiophene rings is 1. The molecule has 0 aliphatic rings. The Bertz CT molecular complexity index is 495. The van der Waals surface area contributed by atoms with Crippen molar-refractivity contribution in [2.75, 3.05) is 7.11 Å². The molecule has 0 saturated carbocycles. The van der Waals surface area contributed by atoms with Crippen molar-refractivity contribution in [3.05, 3.63) is 29.8 Å². The van der Waals surface area contributed by atoms with E-state index in [0.29, 0.717) is 6.42 Å². The molecule has 0 saturated heterocycles. The third kappa shape index (κ3) is 1.34. The topological polar surface area (TPSA) is 33.0 Å². The minimum Gasteiger partial charge on any atom is -0.487 e. The second-order valence-electron chi connectivity index (χ2n) is 2.90. The van der Waals surface area contributed by atoms with Crippen molar-refractivity contribution >= 4 is 21.4 Å². The van der Waals surface area contributed by atoms with E-state index >= 15 is 0 Å². The second kappa shape index (κ2) is 3.69. The predicted molar refractivity (Wildman–Crippen MR) is 57.7 cm³/mol. The molecular weight excluding hydrogens is 194 g/mol. The van der Waals surface area contributed by atoms with Gasteiger partial charge in [-0.05, 0) is 6.07 Å². The maximum Gasteiger partial charge on any atom is 0.178 e. The number of fused-ring (bicyclic) bond motifs is 1. The molecule has 1 aromatic heterocycles. The van der Waals surface area contributed by atoms with Gasteiger partial charge in [0.2, 0.25) is 0 Å². The maximum absolute atomic E-state index is 8.72. The van der Waals surface area contributed by atoms with Crippen molar-refractivity contribution < 1.29 is 4.74 Å². The van der Waals surface area contributed by atoms with E-state index in [9.17, 15) is 0 Å². The smallest absolute Gasteiger partial charge is 0.178 e. The Morgan fingerprint density at radius 1 is 1.43 bits per heavy atom. The molecule has 0 N–H and O–H groups in total. The van der Waals surface area contributed by atoms with Crippen LogP contribution in [0.15, 0.2) is 24.3 Å². The van der Waals surface area contributed by atoms with Crippen LogP contribution in [0, 0.1) is 11.3 Å². The third-order valence-corrected chi connectivity index (χ3v) is 3.28. The molecule has 0 spiro atoms. The fourth-order valence-electron chi connectivity index (χ4n) is 1.49. The lowest BCUT2D eigenvalue weighted by molar-refractivity contribution is 0.424. The summed E-state index contributed by atoms with van der Waals surface area (Å²) in [6, 6.07) is 10.2. The van der Waals surface area contributed by atoms with Crippen LogP contribution in [0.25, 0.3) is 10.1 Å².